The van der Waals surface area contributed by atoms with Crippen LogP contribution in [0.1, 0.15) is 23.6 Å². The summed E-state index contributed by atoms with van der Waals surface area (Å²) < 4.78 is 13.1. The van der Waals surface area contributed by atoms with Gasteiger partial charge in [0.15, 0.2) is 0 Å². The summed E-state index contributed by atoms with van der Waals surface area (Å²) in [6.07, 6.45) is 1.68. The van der Waals surface area contributed by atoms with Gasteiger partial charge in [-0.25, -0.2) is 9.37 Å². The molecule has 2 heterocycles. The minimum atomic E-state index is -0.465. The van der Waals surface area contributed by atoms with E-state index in [-0.39, 0.29) is 11.9 Å². The van der Waals surface area contributed by atoms with Crippen molar-refractivity contribution >= 4 is 5.82 Å². The molecule has 5 heteroatoms. The Bertz CT molecular complexity index is 681. The molecule has 21 heavy (non-hydrogen) atoms. The van der Waals surface area contributed by atoms with Gasteiger partial charge in [-0.3, -0.25) is 0 Å². The average Bonchev–Trinajstić information content (AvgIpc) is 2.90. The highest BCUT2D eigenvalue weighted by Gasteiger charge is 2.33. The molecule has 1 aliphatic rings. The summed E-state index contributed by atoms with van der Waals surface area (Å²) in [7, 11) is 0. The van der Waals surface area contributed by atoms with Gasteiger partial charge >= 0.3 is 0 Å². The number of nitrogens with zero attached hydrogens (tertiary/aromatic N) is 3. The first kappa shape index (κ1) is 13.5. The maximum Gasteiger partial charge on any atom is 0.130 e. The van der Waals surface area contributed by atoms with Crippen LogP contribution in [0.5, 0.6) is 0 Å². The van der Waals surface area contributed by atoms with E-state index in [0.717, 1.165) is 5.56 Å². The molecule has 1 aliphatic heterocycles. The molecule has 1 N–H and O–H groups in total. The van der Waals surface area contributed by atoms with Crippen LogP contribution < -0.4 is 4.90 Å². The molecular formula is C16H14FN3O. The molecule has 1 aromatic heterocycles. The van der Waals surface area contributed by atoms with Crippen molar-refractivity contribution in [1.29, 1.82) is 5.26 Å². The number of pyridine rings is 1. The predicted octanol–water partition coefficient (Wildman–Crippen LogP) is 2.40. The molecule has 1 saturated heterocycles. The quantitative estimate of drug-likeness (QED) is 0.919. The van der Waals surface area contributed by atoms with Gasteiger partial charge in [0, 0.05) is 12.7 Å². The highest BCUT2D eigenvalue weighted by atomic mass is 19.1. The molecule has 106 valence electrons. The molecule has 0 saturated carbocycles. The molecule has 0 unspecified atom stereocenters. The number of benzene rings is 1. The van der Waals surface area contributed by atoms with E-state index in [4.69, 9.17) is 5.26 Å². The molecule has 1 aromatic carbocycles. The number of rotatable bonds is 2. The first-order chi connectivity index (χ1) is 10.2. The Morgan fingerprint density at radius 1 is 1.29 bits per heavy atom. The average molecular weight is 283 g/mol. The van der Waals surface area contributed by atoms with Crippen molar-refractivity contribution < 1.29 is 9.50 Å². The summed E-state index contributed by atoms with van der Waals surface area (Å²) in [4.78, 5) is 6.24. The van der Waals surface area contributed by atoms with Gasteiger partial charge in [0.25, 0.3) is 0 Å². The molecule has 4 nitrogen and oxygen atoms in total. The maximum absolute atomic E-state index is 13.1. The van der Waals surface area contributed by atoms with E-state index in [1.165, 1.54) is 12.1 Å². The van der Waals surface area contributed by atoms with E-state index in [2.05, 4.69) is 11.1 Å². The fourth-order valence-corrected chi connectivity index (χ4v) is 2.71. The van der Waals surface area contributed by atoms with Crippen molar-refractivity contribution in [3.05, 3.63) is 59.5 Å². The number of hydrogen-bond donors (Lipinski definition) is 1. The molecule has 0 bridgehead atoms. The van der Waals surface area contributed by atoms with Crippen LogP contribution in [0.25, 0.3) is 0 Å². The Morgan fingerprint density at radius 2 is 2.05 bits per heavy atom. The van der Waals surface area contributed by atoms with E-state index < -0.39 is 6.10 Å². The number of anilines is 1. The number of aliphatic hydroxyl groups is 1. The van der Waals surface area contributed by atoms with Crippen LogP contribution in [0.4, 0.5) is 10.2 Å². The van der Waals surface area contributed by atoms with Crippen LogP contribution in [-0.4, -0.2) is 22.7 Å². The van der Waals surface area contributed by atoms with E-state index in [1.807, 2.05) is 4.90 Å². The van der Waals surface area contributed by atoms with Gasteiger partial charge in [-0.1, -0.05) is 12.1 Å². The zero-order valence-electron chi connectivity index (χ0n) is 11.3. The van der Waals surface area contributed by atoms with Crippen molar-refractivity contribution in [2.45, 2.75) is 18.6 Å². The number of β-amino-alcohol motifs (C(OH)–C–C–N with tert-alkyl or cyclic N) is 1. The van der Waals surface area contributed by atoms with Gasteiger partial charge in [0.1, 0.15) is 11.6 Å². The zero-order valence-corrected chi connectivity index (χ0v) is 11.3. The zero-order chi connectivity index (χ0) is 14.8. The summed E-state index contributed by atoms with van der Waals surface area (Å²) in [5.41, 5.74) is 1.45. The van der Waals surface area contributed by atoms with Crippen molar-refractivity contribution in [3.63, 3.8) is 0 Å². The van der Waals surface area contributed by atoms with Crippen molar-refractivity contribution in [2.24, 2.45) is 0 Å². The van der Waals surface area contributed by atoms with Crippen LogP contribution in [0.15, 0.2) is 42.6 Å². The van der Waals surface area contributed by atoms with Crippen LogP contribution in [-0.2, 0) is 0 Å². The Morgan fingerprint density at radius 3 is 2.76 bits per heavy atom. The third-order valence-corrected chi connectivity index (χ3v) is 3.70. The minimum absolute atomic E-state index is 0.0676. The minimum Gasteiger partial charge on any atom is -0.391 e. The molecule has 2 aromatic rings. The van der Waals surface area contributed by atoms with Gasteiger partial charge in [-0.2, -0.15) is 5.26 Å². The third-order valence-electron chi connectivity index (χ3n) is 3.70. The number of nitriles is 1. The second-order valence-electron chi connectivity index (χ2n) is 5.12. The van der Waals surface area contributed by atoms with E-state index in [1.54, 1.807) is 30.5 Å². The van der Waals surface area contributed by atoms with Crippen molar-refractivity contribution in [2.75, 3.05) is 11.4 Å². The molecule has 3 rings (SSSR count). The van der Waals surface area contributed by atoms with E-state index in [0.29, 0.717) is 24.3 Å². The van der Waals surface area contributed by atoms with Crippen molar-refractivity contribution in [3.8, 4) is 6.07 Å². The van der Waals surface area contributed by atoms with Gasteiger partial charge < -0.3 is 10.0 Å². The van der Waals surface area contributed by atoms with Crippen molar-refractivity contribution in [1.82, 2.24) is 4.98 Å². The summed E-state index contributed by atoms with van der Waals surface area (Å²) in [6.45, 7) is 0.448. The topological polar surface area (TPSA) is 60.2 Å². The van der Waals surface area contributed by atoms with Gasteiger partial charge in [-0.15, -0.1) is 0 Å². The second kappa shape index (κ2) is 5.51. The van der Waals surface area contributed by atoms with Gasteiger partial charge in [0.2, 0.25) is 0 Å². The molecular weight excluding hydrogens is 269 g/mol. The van der Waals surface area contributed by atoms with E-state index in [9.17, 15) is 9.50 Å². The lowest BCUT2D eigenvalue weighted by molar-refractivity contribution is 0.194. The highest BCUT2D eigenvalue weighted by Crippen LogP contribution is 2.35. The smallest absolute Gasteiger partial charge is 0.130 e. The first-order valence-electron chi connectivity index (χ1n) is 6.73. The molecule has 0 aliphatic carbocycles. The molecule has 0 amide bonds. The number of halogens is 1. The molecule has 0 radical (unpaired) electrons. The highest BCUT2D eigenvalue weighted by molar-refractivity contribution is 5.48. The lowest BCUT2D eigenvalue weighted by Crippen LogP contribution is -2.25. The number of aromatic nitrogens is 1. The van der Waals surface area contributed by atoms with Crippen LogP contribution >= 0.6 is 0 Å². The van der Waals surface area contributed by atoms with Crippen LogP contribution in [0.2, 0.25) is 0 Å². The Hall–Kier alpha value is -2.45. The second-order valence-corrected chi connectivity index (χ2v) is 5.12. The molecule has 0 spiro atoms. The maximum atomic E-state index is 13.1. The Kier molecular flexibility index (Phi) is 3.55. The summed E-state index contributed by atoms with van der Waals surface area (Å²) in [5, 5.41) is 18.9. The van der Waals surface area contributed by atoms with Gasteiger partial charge in [0.05, 0.1) is 23.8 Å². The lowest BCUT2D eigenvalue weighted by Gasteiger charge is -2.25. The van der Waals surface area contributed by atoms with Crippen LogP contribution in [0.3, 0.4) is 0 Å². The fourth-order valence-electron chi connectivity index (χ4n) is 2.71. The van der Waals surface area contributed by atoms with E-state index >= 15 is 0 Å². The largest absolute Gasteiger partial charge is 0.391 e. The predicted molar refractivity (Wildman–Crippen MR) is 76.1 cm³/mol. The summed E-state index contributed by atoms with van der Waals surface area (Å²) in [5.74, 6) is 0.369. The normalized spacial score (nSPS) is 21.3. The Balaban J connectivity index is 1.95. The Labute approximate surface area is 122 Å². The fraction of sp³-hybridized carbons (Fsp3) is 0.250. The first-order valence-corrected chi connectivity index (χ1v) is 6.73. The monoisotopic (exact) mass is 283 g/mol. The SMILES string of the molecule is N#Cc1ccnc(N2C[C@@H](O)C[C@@H]2c2ccc(F)cc2)c1. The molecule has 2 atom stereocenters. The van der Waals surface area contributed by atoms with Crippen LogP contribution in [0, 0.1) is 17.1 Å². The lowest BCUT2D eigenvalue weighted by atomic mass is 10.0. The molecule has 1 fully saturated rings. The third kappa shape index (κ3) is 2.71. The van der Waals surface area contributed by atoms with Gasteiger partial charge in [-0.05, 0) is 36.2 Å². The number of hydrogen-bond acceptors (Lipinski definition) is 4. The summed E-state index contributed by atoms with van der Waals surface area (Å²) in [6, 6.07) is 11.6. The summed E-state index contributed by atoms with van der Waals surface area (Å²) >= 11 is 0. The standard InChI is InChI=1S/C16H14FN3O/c17-13-3-1-12(2-4-13)15-8-14(21)10-20(15)16-7-11(9-18)5-6-19-16/h1-7,14-15,21H,8,10H2/t14-,15+/m0/s1. The number of aliphatic hydroxyl groups excluding tert-OH is 1.